The van der Waals surface area contributed by atoms with Gasteiger partial charge in [0, 0.05) is 0 Å². The van der Waals surface area contributed by atoms with Crippen LogP contribution in [0.3, 0.4) is 0 Å². The van der Waals surface area contributed by atoms with Crippen LogP contribution in [0.25, 0.3) is 0 Å². The Morgan fingerprint density at radius 3 is 1.56 bits per heavy atom. The Labute approximate surface area is 371 Å². The number of ether oxygens (including phenoxy) is 4. The third-order valence-corrected chi connectivity index (χ3v) is 9.04. The largest absolute Gasteiger partial charge is 0.458 e. The minimum Gasteiger partial charge on any atom is -0.458 e. The zero-order valence-electron chi connectivity index (χ0n) is 39.0. The number of aromatic nitrogens is 2. The summed E-state index contributed by atoms with van der Waals surface area (Å²) >= 11 is 0. The molecule has 15 heteroatoms. The Balaban J connectivity index is 1.79. The van der Waals surface area contributed by atoms with Crippen molar-refractivity contribution in [3.05, 3.63) is 119 Å². The molecule has 0 aliphatic carbocycles. The topological polar surface area (TPSA) is 192 Å². The van der Waals surface area contributed by atoms with Crippen LogP contribution in [-0.4, -0.2) is 75.3 Å². The maximum absolute atomic E-state index is 14.8. The van der Waals surface area contributed by atoms with E-state index in [2.05, 4.69) is 31.4 Å². The van der Waals surface area contributed by atoms with Crippen LogP contribution < -0.4 is 21.3 Å². The molecular formula is C48H66N6O9. The predicted molar refractivity (Wildman–Crippen MR) is 238 cm³/mol. The van der Waals surface area contributed by atoms with Crippen LogP contribution in [0.2, 0.25) is 0 Å². The molecule has 0 radical (unpaired) electrons. The molecule has 1 aromatic heterocycles. The zero-order valence-corrected chi connectivity index (χ0v) is 39.0. The number of benzene rings is 3. The average molecular weight is 871 g/mol. The third kappa shape index (κ3) is 15.5. The van der Waals surface area contributed by atoms with Gasteiger partial charge in [-0.1, -0.05) is 96.2 Å². The molecular weight excluding hydrogens is 805 g/mol. The number of hydrogen-bond acceptors (Lipinski definition) is 11. The van der Waals surface area contributed by atoms with Crippen LogP contribution in [0.5, 0.6) is 0 Å². The van der Waals surface area contributed by atoms with Gasteiger partial charge in [0.05, 0.1) is 30.3 Å². The van der Waals surface area contributed by atoms with Crippen molar-refractivity contribution in [3.8, 4) is 0 Å². The van der Waals surface area contributed by atoms with Crippen molar-refractivity contribution in [3.63, 3.8) is 0 Å². The molecule has 0 saturated heterocycles. The summed E-state index contributed by atoms with van der Waals surface area (Å²) in [5.41, 5.74) is -1.83. The van der Waals surface area contributed by atoms with Gasteiger partial charge in [0.1, 0.15) is 28.8 Å². The first-order valence-corrected chi connectivity index (χ1v) is 21.2. The molecule has 4 N–H and O–H groups in total. The first kappa shape index (κ1) is 49.9. The molecule has 4 amide bonds. The summed E-state index contributed by atoms with van der Waals surface area (Å²) in [6.45, 7) is 23.0. The molecule has 0 aliphatic heterocycles. The Morgan fingerprint density at radius 2 is 1.11 bits per heavy atom. The number of urea groups is 1. The van der Waals surface area contributed by atoms with Crippen LogP contribution in [0.15, 0.2) is 95.5 Å². The summed E-state index contributed by atoms with van der Waals surface area (Å²) in [6.07, 6.45) is -2.01. The van der Waals surface area contributed by atoms with Gasteiger partial charge in [-0.25, -0.2) is 14.4 Å². The van der Waals surface area contributed by atoms with E-state index in [1.54, 1.807) is 48.5 Å². The highest BCUT2D eigenvalue weighted by molar-refractivity contribution is 5.85. The Kier molecular flexibility index (Phi) is 16.3. The van der Waals surface area contributed by atoms with Gasteiger partial charge in [-0.2, -0.15) is 4.98 Å². The van der Waals surface area contributed by atoms with E-state index in [0.717, 1.165) is 16.7 Å². The molecule has 15 nitrogen and oxygen atoms in total. The van der Waals surface area contributed by atoms with E-state index in [-0.39, 0.29) is 18.3 Å². The molecule has 0 bridgehead atoms. The SMILES string of the molecule is CC(OC(C)(C)C)C(NC(=O)NC(CC(=O)NC(c1ccccc1)(c1ccccc1)c1ccccc1)c1nc(C(COC(C)(C)C)NC(=O)OC(C)(C)C)no1)C(=O)OC(C)(C)C. The van der Waals surface area contributed by atoms with E-state index in [9.17, 15) is 19.2 Å². The van der Waals surface area contributed by atoms with Gasteiger partial charge < -0.3 is 44.7 Å². The molecule has 0 spiro atoms. The number of nitrogens with one attached hydrogen (secondary N) is 4. The second-order valence-electron chi connectivity index (χ2n) is 19.3. The summed E-state index contributed by atoms with van der Waals surface area (Å²) in [5.74, 6) is -1.40. The smallest absolute Gasteiger partial charge is 0.408 e. The fraction of sp³-hybridized carbons (Fsp3) is 0.500. The zero-order chi connectivity index (χ0) is 46.8. The third-order valence-electron chi connectivity index (χ3n) is 9.04. The lowest BCUT2D eigenvalue weighted by Crippen LogP contribution is -2.55. The second-order valence-corrected chi connectivity index (χ2v) is 19.3. The van der Waals surface area contributed by atoms with E-state index in [1.165, 1.54) is 0 Å². The number of hydrogen-bond donors (Lipinski definition) is 4. The van der Waals surface area contributed by atoms with E-state index in [0.29, 0.717) is 0 Å². The maximum Gasteiger partial charge on any atom is 0.408 e. The predicted octanol–water partition coefficient (Wildman–Crippen LogP) is 8.20. The highest BCUT2D eigenvalue weighted by Gasteiger charge is 2.40. The maximum atomic E-state index is 14.8. The van der Waals surface area contributed by atoms with Gasteiger partial charge in [-0.05, 0) is 107 Å². The number of carbonyl (C=O) groups excluding carboxylic acids is 4. The van der Waals surface area contributed by atoms with Gasteiger partial charge in [0.15, 0.2) is 11.9 Å². The summed E-state index contributed by atoms with van der Waals surface area (Å²) in [4.78, 5) is 60.1. The molecule has 0 saturated carbocycles. The monoisotopic (exact) mass is 870 g/mol. The van der Waals surface area contributed by atoms with Crippen LogP contribution in [0, 0.1) is 0 Å². The number of esters is 1. The van der Waals surface area contributed by atoms with Gasteiger partial charge in [0.25, 0.3) is 0 Å². The van der Waals surface area contributed by atoms with Gasteiger partial charge in [-0.3, -0.25) is 4.79 Å². The lowest BCUT2D eigenvalue weighted by atomic mass is 9.77. The molecule has 342 valence electrons. The molecule has 4 atom stereocenters. The van der Waals surface area contributed by atoms with Gasteiger partial charge >= 0.3 is 18.1 Å². The van der Waals surface area contributed by atoms with Crippen LogP contribution >= 0.6 is 0 Å². The number of rotatable bonds is 16. The Bertz CT molecular complexity index is 2000. The second kappa shape index (κ2) is 20.6. The minimum absolute atomic E-state index is 0.00115. The first-order valence-electron chi connectivity index (χ1n) is 21.2. The van der Waals surface area contributed by atoms with E-state index in [4.69, 9.17) is 23.5 Å². The number of carbonyl (C=O) groups is 4. The van der Waals surface area contributed by atoms with E-state index < -0.39 is 82.6 Å². The van der Waals surface area contributed by atoms with Crippen molar-refractivity contribution in [2.24, 2.45) is 0 Å². The van der Waals surface area contributed by atoms with E-state index >= 15 is 0 Å². The van der Waals surface area contributed by atoms with Crippen LogP contribution in [-0.2, 0) is 34.1 Å². The summed E-state index contributed by atoms with van der Waals surface area (Å²) < 4.78 is 29.1. The quantitative estimate of drug-likeness (QED) is 0.0627. The molecule has 4 unspecified atom stereocenters. The first-order chi connectivity index (χ1) is 29.2. The van der Waals surface area contributed by atoms with Crippen LogP contribution in [0.1, 0.15) is 137 Å². The van der Waals surface area contributed by atoms with Crippen molar-refractivity contribution in [1.82, 2.24) is 31.4 Å². The van der Waals surface area contributed by atoms with Crippen LogP contribution in [0.4, 0.5) is 9.59 Å². The number of alkyl carbamates (subject to hydrolysis) is 1. The molecule has 4 rings (SSSR count). The minimum atomic E-state index is -1.28. The van der Waals surface area contributed by atoms with Crippen molar-refractivity contribution >= 4 is 24.0 Å². The molecule has 1 heterocycles. The highest BCUT2D eigenvalue weighted by Crippen LogP contribution is 2.37. The molecule has 0 aliphatic rings. The van der Waals surface area contributed by atoms with Crippen molar-refractivity contribution < 1.29 is 42.6 Å². The molecule has 0 fully saturated rings. The summed E-state index contributed by atoms with van der Waals surface area (Å²) in [5, 5.41) is 15.8. The summed E-state index contributed by atoms with van der Waals surface area (Å²) in [6, 6.07) is 24.3. The average Bonchev–Trinajstić information content (AvgIpc) is 3.66. The number of nitrogens with zero attached hydrogens (tertiary/aromatic N) is 2. The van der Waals surface area contributed by atoms with Gasteiger partial charge in [0.2, 0.25) is 11.8 Å². The highest BCUT2D eigenvalue weighted by atomic mass is 16.6. The molecule has 63 heavy (non-hydrogen) atoms. The lowest BCUT2D eigenvalue weighted by Gasteiger charge is -2.37. The molecule has 4 aromatic rings. The van der Waals surface area contributed by atoms with E-state index in [1.807, 2.05) is 133 Å². The Hall–Kier alpha value is -5.80. The lowest BCUT2D eigenvalue weighted by molar-refractivity contribution is -0.164. The number of amides is 4. The normalized spacial score (nSPS) is 14.4. The van der Waals surface area contributed by atoms with Gasteiger partial charge in [-0.15, -0.1) is 0 Å². The van der Waals surface area contributed by atoms with Crippen molar-refractivity contribution in [2.45, 2.75) is 149 Å². The fourth-order valence-corrected chi connectivity index (χ4v) is 6.62. The summed E-state index contributed by atoms with van der Waals surface area (Å²) in [7, 11) is 0. The standard InChI is InChI=1S/C48H66N6O9/c1-31(60-45(5,6)7)38(41(56)61-46(8,9)10)51-42(57)49-35(40-52-39(54-63-40)36(30-59-44(2,3)4)50-43(58)62-47(11,12)13)29-37(55)53-48(32-23-17-14-18-24-32,33-25-19-15-20-26-33)34-27-21-16-22-28-34/h14-28,31,35-36,38H,29-30H2,1-13H3,(H,50,58)(H,53,55)(H2,49,51,57). The fourth-order valence-electron chi connectivity index (χ4n) is 6.62. The Morgan fingerprint density at radius 1 is 0.619 bits per heavy atom. The molecule has 3 aromatic carbocycles. The van der Waals surface area contributed by atoms with Crippen molar-refractivity contribution in [1.29, 1.82) is 0 Å². The van der Waals surface area contributed by atoms with Crippen molar-refractivity contribution in [2.75, 3.05) is 6.61 Å².